The average molecular weight is 318 g/mol. The van der Waals surface area contributed by atoms with Crippen molar-refractivity contribution in [2.75, 3.05) is 5.01 Å². The summed E-state index contributed by atoms with van der Waals surface area (Å²) in [5.41, 5.74) is 1.12. The van der Waals surface area contributed by atoms with E-state index in [2.05, 4.69) is 10.1 Å². The highest BCUT2D eigenvalue weighted by atomic mass is 16.2. The number of anilines is 1. The van der Waals surface area contributed by atoms with Gasteiger partial charge in [-0.2, -0.15) is 10.1 Å². The number of fused-ring (bicyclic) bond motifs is 3. The summed E-state index contributed by atoms with van der Waals surface area (Å²) in [6.07, 6.45) is 0. The lowest BCUT2D eigenvalue weighted by atomic mass is 10.2. The molecule has 1 aliphatic rings. The second kappa shape index (κ2) is 5.07. The number of hydrogen-bond donors (Lipinski definition) is 0. The van der Waals surface area contributed by atoms with Crippen molar-refractivity contribution < 1.29 is 0 Å². The Balaban J connectivity index is 2.50. The Hall–Kier alpha value is -2.38. The molecule has 1 aliphatic heterocycles. The van der Waals surface area contributed by atoms with E-state index in [1.54, 1.807) is 19.0 Å². The van der Waals surface area contributed by atoms with Crippen molar-refractivity contribution >= 4 is 22.8 Å². The van der Waals surface area contributed by atoms with Crippen molar-refractivity contribution in [3.8, 4) is 0 Å². The van der Waals surface area contributed by atoms with E-state index in [0.717, 1.165) is 5.71 Å². The van der Waals surface area contributed by atoms with Crippen LogP contribution in [0.15, 0.2) is 14.7 Å². The zero-order valence-electron chi connectivity index (χ0n) is 14.4. The number of hydrazone groups is 1. The first-order valence-electron chi connectivity index (χ1n) is 7.85. The molecule has 3 rings (SSSR count). The van der Waals surface area contributed by atoms with Crippen LogP contribution in [0, 0.1) is 0 Å². The highest BCUT2D eigenvalue weighted by Gasteiger charge is 2.31. The fraction of sp³-hybridized carbons (Fsp3) is 0.600. The maximum atomic E-state index is 12.8. The Morgan fingerprint density at radius 1 is 1.26 bits per heavy atom. The summed E-state index contributed by atoms with van der Waals surface area (Å²) >= 11 is 0. The van der Waals surface area contributed by atoms with Crippen molar-refractivity contribution in [1.82, 2.24) is 18.7 Å². The molecule has 0 spiro atoms. The molecule has 0 saturated carbocycles. The van der Waals surface area contributed by atoms with Gasteiger partial charge in [-0.05, 0) is 34.6 Å². The molecule has 3 heterocycles. The van der Waals surface area contributed by atoms with Gasteiger partial charge < -0.3 is 0 Å². The number of hydrogen-bond acceptors (Lipinski definition) is 5. The third kappa shape index (κ3) is 1.97. The SMILES string of the molecule is CCn1c(=O)c2c(nc3n2C(C)C(C)=NN3C(C)C)n(C)c1=O. The second-order valence-corrected chi connectivity index (χ2v) is 6.20. The molecule has 0 fully saturated rings. The third-order valence-electron chi connectivity index (χ3n) is 4.43. The summed E-state index contributed by atoms with van der Waals surface area (Å²) < 4.78 is 4.57. The average Bonchev–Trinajstić information content (AvgIpc) is 2.90. The summed E-state index contributed by atoms with van der Waals surface area (Å²) in [5, 5.41) is 6.40. The molecule has 0 amide bonds. The quantitative estimate of drug-likeness (QED) is 0.830. The van der Waals surface area contributed by atoms with Crippen molar-refractivity contribution in [3.63, 3.8) is 0 Å². The predicted molar refractivity (Wildman–Crippen MR) is 90.3 cm³/mol. The van der Waals surface area contributed by atoms with Crippen LogP contribution in [0.2, 0.25) is 0 Å². The van der Waals surface area contributed by atoms with Gasteiger partial charge in [0.05, 0.1) is 17.8 Å². The van der Waals surface area contributed by atoms with Gasteiger partial charge in [-0.3, -0.25) is 18.5 Å². The smallest absolute Gasteiger partial charge is 0.294 e. The molecule has 0 bridgehead atoms. The molecular formula is C15H22N6O2. The van der Waals surface area contributed by atoms with Crippen LogP contribution in [0.25, 0.3) is 11.2 Å². The monoisotopic (exact) mass is 318 g/mol. The Morgan fingerprint density at radius 2 is 1.91 bits per heavy atom. The maximum absolute atomic E-state index is 12.8. The molecule has 0 radical (unpaired) electrons. The molecule has 1 atom stereocenters. The van der Waals surface area contributed by atoms with Crippen molar-refractivity contribution in [2.24, 2.45) is 12.1 Å². The number of aryl methyl sites for hydroxylation is 1. The van der Waals surface area contributed by atoms with Crippen LogP contribution in [-0.2, 0) is 13.6 Å². The predicted octanol–water partition coefficient (Wildman–Crippen LogP) is 1.08. The summed E-state index contributed by atoms with van der Waals surface area (Å²) in [5.74, 6) is 0.606. The van der Waals surface area contributed by atoms with Crippen molar-refractivity contribution in [3.05, 3.63) is 20.8 Å². The molecule has 0 aromatic carbocycles. The van der Waals surface area contributed by atoms with Crippen LogP contribution >= 0.6 is 0 Å². The lowest BCUT2D eigenvalue weighted by Gasteiger charge is -2.31. The van der Waals surface area contributed by atoms with Gasteiger partial charge in [-0.1, -0.05) is 0 Å². The first kappa shape index (κ1) is 15.5. The summed E-state index contributed by atoms with van der Waals surface area (Å²) in [6.45, 7) is 10.1. The lowest BCUT2D eigenvalue weighted by Crippen LogP contribution is -2.40. The Bertz CT molecular complexity index is 930. The maximum Gasteiger partial charge on any atom is 0.332 e. The summed E-state index contributed by atoms with van der Waals surface area (Å²) in [7, 11) is 1.65. The van der Waals surface area contributed by atoms with Gasteiger partial charge in [0.25, 0.3) is 5.56 Å². The molecule has 23 heavy (non-hydrogen) atoms. The van der Waals surface area contributed by atoms with E-state index in [1.165, 1.54) is 9.13 Å². The normalized spacial score (nSPS) is 17.8. The van der Waals surface area contributed by atoms with Gasteiger partial charge in [-0.15, -0.1) is 0 Å². The zero-order chi connectivity index (χ0) is 17.0. The van der Waals surface area contributed by atoms with Gasteiger partial charge in [0.15, 0.2) is 11.2 Å². The van der Waals surface area contributed by atoms with Crippen molar-refractivity contribution in [1.29, 1.82) is 0 Å². The van der Waals surface area contributed by atoms with Gasteiger partial charge in [0.2, 0.25) is 5.95 Å². The topological polar surface area (TPSA) is 77.4 Å². The van der Waals surface area contributed by atoms with E-state index in [0.29, 0.717) is 23.7 Å². The van der Waals surface area contributed by atoms with Gasteiger partial charge in [0.1, 0.15) is 0 Å². The zero-order valence-corrected chi connectivity index (χ0v) is 14.4. The molecule has 1 unspecified atom stereocenters. The van der Waals surface area contributed by atoms with Gasteiger partial charge in [0, 0.05) is 13.6 Å². The molecule has 0 aliphatic carbocycles. The number of rotatable bonds is 2. The Morgan fingerprint density at radius 3 is 2.48 bits per heavy atom. The Kier molecular flexibility index (Phi) is 3.42. The first-order valence-corrected chi connectivity index (χ1v) is 7.85. The van der Waals surface area contributed by atoms with Crippen LogP contribution in [0.5, 0.6) is 0 Å². The largest absolute Gasteiger partial charge is 0.332 e. The minimum absolute atomic E-state index is 0.0829. The van der Waals surface area contributed by atoms with Gasteiger partial charge in [-0.25, -0.2) is 9.80 Å². The van der Waals surface area contributed by atoms with E-state index >= 15 is 0 Å². The molecule has 0 N–H and O–H groups in total. The lowest BCUT2D eigenvalue weighted by molar-refractivity contribution is 0.594. The Labute approximate surface area is 133 Å². The highest BCUT2D eigenvalue weighted by molar-refractivity contribution is 5.91. The van der Waals surface area contributed by atoms with E-state index in [1.807, 2.05) is 32.3 Å². The minimum atomic E-state index is -0.346. The highest BCUT2D eigenvalue weighted by Crippen LogP contribution is 2.30. The van der Waals surface area contributed by atoms with E-state index < -0.39 is 0 Å². The van der Waals surface area contributed by atoms with Crippen LogP contribution in [-0.4, -0.2) is 30.4 Å². The molecular weight excluding hydrogens is 296 g/mol. The number of imidazole rings is 1. The molecule has 0 saturated heterocycles. The van der Waals surface area contributed by atoms with E-state index in [9.17, 15) is 9.59 Å². The standard InChI is InChI=1S/C15H22N6O2/c1-7-19-13(22)11-12(18(6)15(19)23)16-14-20(11)10(5)9(4)17-21(14)8(2)3/h8,10H,7H2,1-6H3. The third-order valence-corrected chi connectivity index (χ3v) is 4.43. The van der Waals surface area contributed by atoms with Crippen LogP contribution in [0.4, 0.5) is 5.95 Å². The van der Waals surface area contributed by atoms with Crippen LogP contribution in [0.1, 0.15) is 40.7 Å². The minimum Gasteiger partial charge on any atom is -0.294 e. The summed E-state index contributed by atoms with van der Waals surface area (Å²) in [4.78, 5) is 29.7. The molecule has 2 aromatic heterocycles. The van der Waals surface area contributed by atoms with Crippen molar-refractivity contribution in [2.45, 2.75) is 53.2 Å². The van der Waals surface area contributed by atoms with E-state index in [4.69, 9.17) is 0 Å². The molecule has 8 nitrogen and oxygen atoms in total. The van der Waals surface area contributed by atoms with Crippen LogP contribution < -0.4 is 16.3 Å². The number of nitrogens with zero attached hydrogens (tertiary/aromatic N) is 6. The first-order chi connectivity index (χ1) is 10.8. The molecule has 2 aromatic rings. The fourth-order valence-electron chi connectivity index (χ4n) is 2.97. The molecule has 124 valence electrons. The van der Waals surface area contributed by atoms with Gasteiger partial charge >= 0.3 is 5.69 Å². The molecule has 8 heteroatoms. The summed E-state index contributed by atoms with van der Waals surface area (Å²) in [6, 6.07) is 0.0129. The fourth-order valence-corrected chi connectivity index (χ4v) is 2.97. The second-order valence-electron chi connectivity index (χ2n) is 6.20. The number of aromatic nitrogens is 4. The van der Waals surface area contributed by atoms with Crippen LogP contribution in [0.3, 0.4) is 0 Å². The van der Waals surface area contributed by atoms with E-state index in [-0.39, 0.29) is 23.3 Å².